The summed E-state index contributed by atoms with van der Waals surface area (Å²) in [4.78, 5) is 0. The van der Waals surface area contributed by atoms with E-state index in [-0.39, 0.29) is 0 Å². The molecule has 0 atom stereocenters. The Morgan fingerprint density at radius 1 is 1.19 bits per heavy atom. The monoisotopic (exact) mass is 234 g/mol. The lowest BCUT2D eigenvalue weighted by atomic mass is 10.1. The van der Waals surface area contributed by atoms with Gasteiger partial charge in [-0.05, 0) is 29.9 Å². The van der Waals surface area contributed by atoms with Gasteiger partial charge in [0.2, 0.25) is 11.8 Å². The molecule has 0 N–H and O–H groups in total. The average molecular weight is 234 g/mol. The van der Waals surface area contributed by atoms with E-state index in [4.69, 9.17) is 4.42 Å². The van der Waals surface area contributed by atoms with Gasteiger partial charge in [-0.3, -0.25) is 0 Å². The predicted molar refractivity (Wildman–Crippen MR) is 66.7 cm³/mol. The number of benzene rings is 1. The Morgan fingerprint density at radius 3 is 2.56 bits per heavy atom. The van der Waals surface area contributed by atoms with Crippen molar-refractivity contribution in [2.75, 3.05) is 5.75 Å². The first-order valence-corrected chi connectivity index (χ1v) is 5.99. The van der Waals surface area contributed by atoms with Gasteiger partial charge in [-0.1, -0.05) is 19.1 Å². The minimum Gasteiger partial charge on any atom is -0.421 e. The van der Waals surface area contributed by atoms with Gasteiger partial charge in [0, 0.05) is 12.0 Å². The van der Waals surface area contributed by atoms with E-state index in [9.17, 15) is 0 Å². The summed E-state index contributed by atoms with van der Waals surface area (Å²) in [6, 6.07) is 8.18. The molecule has 1 heterocycles. The number of hydrogen-bond donors (Lipinski definition) is 1. The van der Waals surface area contributed by atoms with Crippen LogP contribution in [0.15, 0.2) is 28.7 Å². The summed E-state index contributed by atoms with van der Waals surface area (Å²) in [6.45, 7) is 2.13. The van der Waals surface area contributed by atoms with Crippen molar-refractivity contribution in [1.29, 1.82) is 0 Å². The second-order valence-corrected chi connectivity index (χ2v) is 3.97. The lowest BCUT2D eigenvalue weighted by molar-refractivity contribution is 0.514. The topological polar surface area (TPSA) is 38.9 Å². The first-order chi connectivity index (χ1) is 7.83. The molecule has 0 saturated heterocycles. The van der Waals surface area contributed by atoms with E-state index in [0.29, 0.717) is 18.2 Å². The average Bonchev–Trinajstić information content (AvgIpc) is 2.78. The quantitative estimate of drug-likeness (QED) is 0.827. The van der Waals surface area contributed by atoms with Crippen LogP contribution < -0.4 is 0 Å². The molecule has 0 unspecified atom stereocenters. The predicted octanol–water partition coefficient (Wildman–Crippen LogP) is 2.77. The Kier molecular flexibility index (Phi) is 3.62. The fourth-order valence-electron chi connectivity index (χ4n) is 1.45. The Labute approximate surface area is 100 Å². The van der Waals surface area contributed by atoms with Crippen molar-refractivity contribution >= 4 is 12.6 Å². The van der Waals surface area contributed by atoms with Gasteiger partial charge in [0.25, 0.3) is 0 Å². The molecule has 2 aromatic rings. The molecule has 0 spiro atoms. The molecule has 4 heteroatoms. The molecule has 0 aliphatic heterocycles. The highest BCUT2D eigenvalue weighted by Crippen LogP contribution is 2.18. The summed E-state index contributed by atoms with van der Waals surface area (Å²) in [5.74, 6) is 1.94. The Morgan fingerprint density at radius 2 is 1.94 bits per heavy atom. The van der Waals surface area contributed by atoms with Crippen LogP contribution in [0.2, 0.25) is 0 Å². The van der Waals surface area contributed by atoms with Gasteiger partial charge in [0.1, 0.15) is 0 Å². The molecule has 0 aliphatic rings. The first kappa shape index (κ1) is 11.2. The van der Waals surface area contributed by atoms with Gasteiger partial charge in [-0.2, -0.15) is 12.6 Å². The van der Waals surface area contributed by atoms with Crippen molar-refractivity contribution in [2.24, 2.45) is 0 Å². The van der Waals surface area contributed by atoms with E-state index < -0.39 is 0 Å². The Bertz CT molecular complexity index is 450. The van der Waals surface area contributed by atoms with Crippen LogP contribution in [0.1, 0.15) is 18.4 Å². The third-order valence-corrected chi connectivity index (χ3v) is 2.63. The molecule has 0 saturated carbocycles. The summed E-state index contributed by atoms with van der Waals surface area (Å²) in [5, 5.41) is 7.97. The van der Waals surface area contributed by atoms with E-state index >= 15 is 0 Å². The van der Waals surface area contributed by atoms with Crippen LogP contribution in [0.4, 0.5) is 0 Å². The van der Waals surface area contributed by atoms with Gasteiger partial charge in [0.05, 0.1) is 0 Å². The normalized spacial score (nSPS) is 10.6. The summed E-state index contributed by atoms with van der Waals surface area (Å²) in [5.41, 5.74) is 2.27. The number of aryl methyl sites for hydroxylation is 2. The minimum absolute atomic E-state index is 0.583. The van der Waals surface area contributed by atoms with Gasteiger partial charge >= 0.3 is 0 Å². The van der Waals surface area contributed by atoms with Gasteiger partial charge in [0.15, 0.2) is 0 Å². The smallest absolute Gasteiger partial charge is 0.247 e. The number of nitrogens with zero attached hydrogens (tertiary/aromatic N) is 2. The molecule has 0 aliphatic carbocycles. The van der Waals surface area contributed by atoms with Crippen molar-refractivity contribution < 1.29 is 4.42 Å². The van der Waals surface area contributed by atoms with Crippen molar-refractivity contribution in [3.63, 3.8) is 0 Å². The van der Waals surface area contributed by atoms with Crippen LogP contribution in [0.5, 0.6) is 0 Å². The molecular weight excluding hydrogens is 220 g/mol. The summed E-state index contributed by atoms with van der Waals surface area (Å²) < 4.78 is 5.51. The van der Waals surface area contributed by atoms with Crippen molar-refractivity contribution in [1.82, 2.24) is 10.2 Å². The molecular formula is C12H14N2OS. The Balaban J connectivity index is 2.21. The number of aromatic nitrogens is 2. The van der Waals surface area contributed by atoms with Crippen LogP contribution in [0.3, 0.4) is 0 Å². The standard InChI is InChI=1S/C12H14N2OS/c1-2-9-3-5-10(6-4-9)12-14-13-11(15-12)7-8-16/h3-6,16H,2,7-8H2,1H3. The summed E-state index contributed by atoms with van der Waals surface area (Å²) >= 11 is 4.13. The van der Waals surface area contributed by atoms with Crippen LogP contribution in [0, 0.1) is 0 Å². The number of rotatable bonds is 4. The van der Waals surface area contributed by atoms with E-state index in [1.54, 1.807) is 0 Å². The highest BCUT2D eigenvalue weighted by atomic mass is 32.1. The van der Waals surface area contributed by atoms with Crippen LogP contribution in [-0.4, -0.2) is 16.0 Å². The van der Waals surface area contributed by atoms with Crippen molar-refractivity contribution in [3.05, 3.63) is 35.7 Å². The molecule has 0 bridgehead atoms. The van der Waals surface area contributed by atoms with E-state index in [0.717, 1.165) is 17.7 Å². The zero-order chi connectivity index (χ0) is 11.4. The molecule has 3 nitrogen and oxygen atoms in total. The molecule has 1 aromatic heterocycles. The second kappa shape index (κ2) is 5.16. The maximum Gasteiger partial charge on any atom is 0.247 e. The van der Waals surface area contributed by atoms with Crippen LogP contribution in [0.25, 0.3) is 11.5 Å². The van der Waals surface area contributed by atoms with E-state index in [1.807, 2.05) is 12.1 Å². The zero-order valence-electron chi connectivity index (χ0n) is 9.18. The Hall–Kier alpha value is -1.29. The van der Waals surface area contributed by atoms with E-state index in [2.05, 4.69) is 41.9 Å². The van der Waals surface area contributed by atoms with Gasteiger partial charge in [-0.25, -0.2) is 0 Å². The van der Waals surface area contributed by atoms with Gasteiger partial charge in [-0.15, -0.1) is 10.2 Å². The third kappa shape index (κ3) is 2.44. The fourth-order valence-corrected chi connectivity index (χ4v) is 1.64. The number of thiol groups is 1. The maximum atomic E-state index is 5.51. The van der Waals surface area contributed by atoms with E-state index in [1.165, 1.54) is 5.56 Å². The molecule has 0 fully saturated rings. The summed E-state index contributed by atoms with van der Waals surface area (Å²) in [7, 11) is 0. The van der Waals surface area contributed by atoms with Gasteiger partial charge < -0.3 is 4.42 Å². The van der Waals surface area contributed by atoms with Crippen LogP contribution >= 0.6 is 12.6 Å². The zero-order valence-corrected chi connectivity index (χ0v) is 10.1. The van der Waals surface area contributed by atoms with Crippen LogP contribution in [-0.2, 0) is 12.8 Å². The SMILES string of the molecule is CCc1ccc(-c2nnc(CCS)o2)cc1. The van der Waals surface area contributed by atoms with Crippen molar-refractivity contribution in [3.8, 4) is 11.5 Å². The minimum atomic E-state index is 0.583. The number of hydrogen-bond acceptors (Lipinski definition) is 4. The summed E-state index contributed by atoms with van der Waals surface area (Å²) in [6.07, 6.45) is 1.75. The fraction of sp³-hybridized carbons (Fsp3) is 0.333. The highest BCUT2D eigenvalue weighted by molar-refractivity contribution is 7.80. The second-order valence-electron chi connectivity index (χ2n) is 3.53. The molecule has 16 heavy (non-hydrogen) atoms. The first-order valence-electron chi connectivity index (χ1n) is 5.36. The lowest BCUT2D eigenvalue weighted by Gasteiger charge is -1.97. The molecule has 2 rings (SSSR count). The third-order valence-electron chi connectivity index (χ3n) is 2.40. The largest absolute Gasteiger partial charge is 0.421 e. The molecule has 1 aromatic carbocycles. The lowest BCUT2D eigenvalue weighted by Crippen LogP contribution is -1.84. The maximum absolute atomic E-state index is 5.51. The molecule has 0 amide bonds. The highest BCUT2D eigenvalue weighted by Gasteiger charge is 2.07. The molecule has 84 valence electrons. The molecule has 0 radical (unpaired) electrons. The van der Waals surface area contributed by atoms with Crippen molar-refractivity contribution in [2.45, 2.75) is 19.8 Å².